The summed E-state index contributed by atoms with van der Waals surface area (Å²) >= 11 is 0. The zero-order chi connectivity index (χ0) is 20.1. The monoisotopic (exact) mass is 382 g/mol. The van der Waals surface area contributed by atoms with Crippen LogP contribution in [0.1, 0.15) is 46.5 Å². The molecule has 4 heteroatoms. The molecule has 1 aromatic carbocycles. The van der Waals surface area contributed by atoms with E-state index in [1.54, 1.807) is 12.1 Å². The van der Waals surface area contributed by atoms with Crippen LogP contribution in [-0.4, -0.2) is 17.8 Å². The van der Waals surface area contributed by atoms with Gasteiger partial charge in [0.1, 0.15) is 11.3 Å². The summed E-state index contributed by atoms with van der Waals surface area (Å²) in [6.45, 7) is 11.7. The summed E-state index contributed by atoms with van der Waals surface area (Å²) in [5.74, 6) is 1.39. The molecule has 28 heavy (non-hydrogen) atoms. The SMILES string of the molecule is C=C1CC[C@@H]2C(C)(C)[C@H](O)CC[C@@]2(C)[C@@H]1COc1ccc2ccc(=O)oc2c1. The molecule has 0 bridgehead atoms. The molecule has 0 unspecified atom stereocenters. The van der Waals surface area contributed by atoms with Gasteiger partial charge in [0.25, 0.3) is 0 Å². The molecule has 1 heterocycles. The van der Waals surface area contributed by atoms with Gasteiger partial charge in [0.15, 0.2) is 0 Å². The standard InChI is InChI=1S/C24H30O4/c1-15-5-9-20-23(2,3)21(25)11-12-24(20,4)18(15)14-27-17-8-6-16-7-10-22(26)28-19(16)13-17/h6-8,10,13,18,20-21,25H,1,5,9,11-12,14H2,2-4H3/t18-,20-,21-,24+/m1/s1. The Morgan fingerprint density at radius 2 is 1.96 bits per heavy atom. The second-order valence-corrected chi connectivity index (χ2v) is 9.45. The van der Waals surface area contributed by atoms with E-state index in [0.717, 1.165) is 31.1 Å². The fourth-order valence-corrected chi connectivity index (χ4v) is 5.78. The minimum Gasteiger partial charge on any atom is -0.493 e. The van der Waals surface area contributed by atoms with Gasteiger partial charge in [-0.1, -0.05) is 32.9 Å². The predicted octanol–water partition coefficient (Wildman–Crippen LogP) is 4.94. The van der Waals surface area contributed by atoms with Crippen LogP contribution in [0.3, 0.4) is 0 Å². The van der Waals surface area contributed by atoms with Gasteiger partial charge in [0, 0.05) is 23.4 Å². The maximum absolute atomic E-state index is 11.5. The molecule has 0 saturated heterocycles. The highest BCUT2D eigenvalue weighted by Crippen LogP contribution is 2.60. The van der Waals surface area contributed by atoms with Crippen LogP contribution in [0.5, 0.6) is 5.75 Å². The van der Waals surface area contributed by atoms with Crippen molar-refractivity contribution in [2.75, 3.05) is 6.61 Å². The van der Waals surface area contributed by atoms with E-state index in [-0.39, 0.29) is 28.5 Å². The summed E-state index contributed by atoms with van der Waals surface area (Å²) in [5.41, 5.74) is 1.40. The first kappa shape index (κ1) is 19.3. The molecule has 2 aliphatic rings. The van der Waals surface area contributed by atoms with Crippen molar-refractivity contribution in [1.29, 1.82) is 0 Å². The van der Waals surface area contributed by atoms with E-state index in [1.807, 2.05) is 12.1 Å². The van der Waals surface area contributed by atoms with E-state index < -0.39 is 0 Å². The molecule has 150 valence electrons. The fourth-order valence-electron chi connectivity index (χ4n) is 5.78. The van der Waals surface area contributed by atoms with E-state index in [9.17, 15) is 9.90 Å². The summed E-state index contributed by atoms with van der Waals surface area (Å²) in [7, 11) is 0. The van der Waals surface area contributed by atoms with Gasteiger partial charge in [0.2, 0.25) is 0 Å². The van der Waals surface area contributed by atoms with Crippen LogP contribution in [0.2, 0.25) is 0 Å². The van der Waals surface area contributed by atoms with Gasteiger partial charge in [-0.25, -0.2) is 4.79 Å². The molecular weight excluding hydrogens is 352 g/mol. The molecule has 1 aromatic heterocycles. The Kier molecular flexibility index (Phi) is 4.65. The number of fused-ring (bicyclic) bond motifs is 2. The van der Waals surface area contributed by atoms with Crippen LogP contribution in [-0.2, 0) is 0 Å². The lowest BCUT2D eigenvalue weighted by atomic mass is 9.47. The Bertz CT molecular complexity index is 956. The third kappa shape index (κ3) is 3.08. The molecule has 4 rings (SSSR count). The Morgan fingerprint density at radius 3 is 2.75 bits per heavy atom. The van der Waals surface area contributed by atoms with Crippen LogP contribution in [0, 0.1) is 22.7 Å². The van der Waals surface area contributed by atoms with Gasteiger partial charge in [-0.3, -0.25) is 0 Å². The van der Waals surface area contributed by atoms with Gasteiger partial charge < -0.3 is 14.3 Å². The first-order chi connectivity index (χ1) is 13.2. The van der Waals surface area contributed by atoms with Crippen molar-refractivity contribution in [2.45, 2.75) is 52.6 Å². The summed E-state index contributed by atoms with van der Waals surface area (Å²) < 4.78 is 11.5. The Morgan fingerprint density at radius 1 is 1.21 bits per heavy atom. The Labute approximate surface area is 166 Å². The first-order valence-electron chi connectivity index (χ1n) is 10.2. The highest BCUT2D eigenvalue weighted by atomic mass is 16.5. The molecule has 4 atom stereocenters. The van der Waals surface area contributed by atoms with Crippen LogP contribution < -0.4 is 10.4 Å². The van der Waals surface area contributed by atoms with Crippen molar-refractivity contribution in [3.8, 4) is 5.75 Å². The highest BCUT2D eigenvalue weighted by Gasteiger charge is 2.56. The molecule has 0 radical (unpaired) electrons. The first-order valence-corrected chi connectivity index (χ1v) is 10.2. The zero-order valence-electron chi connectivity index (χ0n) is 17.0. The molecule has 0 aliphatic heterocycles. The van der Waals surface area contributed by atoms with E-state index in [0.29, 0.717) is 23.9 Å². The van der Waals surface area contributed by atoms with E-state index >= 15 is 0 Å². The summed E-state index contributed by atoms with van der Waals surface area (Å²) in [5, 5.41) is 11.5. The zero-order valence-corrected chi connectivity index (χ0v) is 17.0. The summed E-state index contributed by atoms with van der Waals surface area (Å²) in [6, 6.07) is 8.80. The third-order valence-corrected chi connectivity index (χ3v) is 7.56. The molecule has 2 fully saturated rings. The minimum absolute atomic E-state index is 0.0709. The average molecular weight is 383 g/mol. The van der Waals surface area contributed by atoms with Gasteiger partial charge in [-0.05, 0) is 60.6 Å². The molecule has 1 N–H and O–H groups in total. The van der Waals surface area contributed by atoms with Gasteiger partial charge in [0.05, 0.1) is 12.7 Å². The number of aliphatic hydroxyl groups is 1. The Balaban J connectivity index is 1.58. The predicted molar refractivity (Wildman–Crippen MR) is 110 cm³/mol. The maximum atomic E-state index is 11.5. The molecular formula is C24H30O4. The van der Waals surface area contributed by atoms with Crippen molar-refractivity contribution in [1.82, 2.24) is 0 Å². The number of aliphatic hydroxyl groups excluding tert-OH is 1. The largest absolute Gasteiger partial charge is 0.493 e. The van der Waals surface area contributed by atoms with Crippen molar-refractivity contribution >= 4 is 11.0 Å². The number of ether oxygens (including phenoxy) is 1. The fraction of sp³-hybridized carbons (Fsp3) is 0.542. The molecule has 2 saturated carbocycles. The molecule has 0 spiro atoms. The maximum Gasteiger partial charge on any atom is 0.336 e. The number of benzene rings is 1. The van der Waals surface area contributed by atoms with Crippen LogP contribution in [0.25, 0.3) is 11.0 Å². The molecule has 4 nitrogen and oxygen atoms in total. The summed E-state index contributed by atoms with van der Waals surface area (Å²) in [4.78, 5) is 11.5. The topological polar surface area (TPSA) is 59.7 Å². The third-order valence-electron chi connectivity index (χ3n) is 7.56. The molecule has 2 aliphatic carbocycles. The van der Waals surface area contributed by atoms with Crippen molar-refractivity contribution in [3.63, 3.8) is 0 Å². The molecule has 2 aromatic rings. The summed E-state index contributed by atoms with van der Waals surface area (Å²) in [6.07, 6.45) is 3.63. The average Bonchev–Trinajstić information content (AvgIpc) is 2.64. The van der Waals surface area contributed by atoms with E-state index in [1.165, 1.54) is 11.6 Å². The minimum atomic E-state index is -0.358. The van der Waals surface area contributed by atoms with Crippen LogP contribution in [0.4, 0.5) is 0 Å². The van der Waals surface area contributed by atoms with E-state index in [2.05, 4.69) is 27.4 Å². The molecule has 0 amide bonds. The lowest BCUT2D eigenvalue weighted by molar-refractivity contribution is -0.128. The quantitative estimate of drug-likeness (QED) is 0.603. The smallest absolute Gasteiger partial charge is 0.336 e. The Hall–Kier alpha value is -2.07. The van der Waals surface area contributed by atoms with E-state index in [4.69, 9.17) is 9.15 Å². The number of rotatable bonds is 3. The highest BCUT2D eigenvalue weighted by molar-refractivity contribution is 5.77. The second kappa shape index (κ2) is 6.77. The number of hydrogen-bond acceptors (Lipinski definition) is 4. The van der Waals surface area contributed by atoms with Crippen molar-refractivity contribution in [3.05, 3.63) is 52.9 Å². The van der Waals surface area contributed by atoms with Crippen LogP contribution >= 0.6 is 0 Å². The lowest BCUT2D eigenvalue weighted by Crippen LogP contribution is -2.55. The number of hydrogen-bond donors (Lipinski definition) is 1. The van der Waals surface area contributed by atoms with Crippen molar-refractivity contribution < 1.29 is 14.3 Å². The van der Waals surface area contributed by atoms with Crippen molar-refractivity contribution in [2.24, 2.45) is 22.7 Å². The van der Waals surface area contributed by atoms with Gasteiger partial charge >= 0.3 is 5.63 Å². The normalized spacial score (nSPS) is 32.1. The van der Waals surface area contributed by atoms with Crippen LogP contribution in [0.15, 0.2) is 51.7 Å². The lowest BCUT2D eigenvalue weighted by Gasteiger charge is -2.59. The van der Waals surface area contributed by atoms with Gasteiger partial charge in [-0.15, -0.1) is 0 Å². The van der Waals surface area contributed by atoms with Gasteiger partial charge in [-0.2, -0.15) is 0 Å². The second-order valence-electron chi connectivity index (χ2n) is 9.45.